The molecule has 0 radical (unpaired) electrons. The number of fused-ring (bicyclic) bond motifs is 1. The lowest BCUT2D eigenvalue weighted by molar-refractivity contribution is 0.670. The molecule has 0 aromatic carbocycles. The molecule has 2 aliphatic rings. The molecule has 0 aromatic rings. The first kappa shape index (κ1) is 10.5. The summed E-state index contributed by atoms with van der Waals surface area (Å²) in [6.45, 7) is 11.3. The molecular formula is C15H20. The Bertz CT molecular complexity index is 411. The van der Waals surface area contributed by atoms with E-state index < -0.39 is 0 Å². The highest BCUT2D eigenvalue weighted by Crippen LogP contribution is 2.42. The number of rotatable bonds is 1. The van der Waals surface area contributed by atoms with Gasteiger partial charge >= 0.3 is 0 Å². The van der Waals surface area contributed by atoms with Crippen molar-refractivity contribution in [1.82, 2.24) is 0 Å². The van der Waals surface area contributed by atoms with Gasteiger partial charge in [0.05, 0.1) is 0 Å². The van der Waals surface area contributed by atoms with Gasteiger partial charge in [-0.15, -0.1) is 0 Å². The molecule has 0 saturated heterocycles. The summed E-state index contributed by atoms with van der Waals surface area (Å²) >= 11 is 0. The summed E-state index contributed by atoms with van der Waals surface area (Å²) in [7, 11) is 0. The molecule has 0 amide bonds. The van der Waals surface area contributed by atoms with Gasteiger partial charge in [0, 0.05) is 5.92 Å². The smallest absolute Gasteiger partial charge is 0.0242 e. The van der Waals surface area contributed by atoms with E-state index in [9.17, 15) is 0 Å². The number of allylic oxidation sites excluding steroid dienone is 8. The van der Waals surface area contributed by atoms with Gasteiger partial charge in [-0.05, 0) is 49.0 Å². The largest absolute Gasteiger partial charge is 0.0727 e. The van der Waals surface area contributed by atoms with Crippen LogP contribution in [-0.4, -0.2) is 0 Å². The van der Waals surface area contributed by atoms with Gasteiger partial charge in [0.15, 0.2) is 0 Å². The Kier molecular flexibility index (Phi) is 2.46. The third-order valence-corrected chi connectivity index (χ3v) is 3.68. The molecule has 0 heterocycles. The van der Waals surface area contributed by atoms with Crippen LogP contribution in [0.5, 0.6) is 0 Å². The second-order valence-corrected chi connectivity index (χ2v) is 5.04. The van der Waals surface area contributed by atoms with Crippen LogP contribution in [0.2, 0.25) is 0 Å². The van der Waals surface area contributed by atoms with Gasteiger partial charge in [-0.1, -0.05) is 37.6 Å². The van der Waals surface area contributed by atoms with E-state index in [0.717, 1.165) is 0 Å². The van der Waals surface area contributed by atoms with E-state index in [1.54, 1.807) is 5.57 Å². The minimum absolute atomic E-state index is 0.564. The molecule has 0 nitrogen and oxygen atoms in total. The maximum absolute atomic E-state index is 2.36. The molecule has 0 aliphatic heterocycles. The van der Waals surface area contributed by atoms with Crippen molar-refractivity contribution in [2.75, 3.05) is 0 Å². The predicted octanol–water partition coefficient (Wildman–Crippen LogP) is 4.42. The second kappa shape index (κ2) is 3.52. The molecule has 1 unspecified atom stereocenters. The highest BCUT2D eigenvalue weighted by molar-refractivity contribution is 5.56. The molecule has 0 fully saturated rings. The molecule has 0 N–H and O–H groups in total. The van der Waals surface area contributed by atoms with Crippen LogP contribution in [0, 0.1) is 11.8 Å². The zero-order valence-electron chi connectivity index (χ0n) is 10.4. The van der Waals surface area contributed by atoms with Gasteiger partial charge in [0.25, 0.3) is 0 Å². The first-order valence-electron chi connectivity index (χ1n) is 5.80. The Labute approximate surface area is 93.1 Å². The first-order chi connectivity index (χ1) is 7.02. The van der Waals surface area contributed by atoms with Gasteiger partial charge in [-0.25, -0.2) is 0 Å². The van der Waals surface area contributed by atoms with Crippen LogP contribution in [0.3, 0.4) is 0 Å². The quantitative estimate of drug-likeness (QED) is 0.587. The lowest BCUT2D eigenvalue weighted by Crippen LogP contribution is -2.14. The zero-order chi connectivity index (χ0) is 11.2. The van der Waals surface area contributed by atoms with Crippen molar-refractivity contribution in [2.45, 2.75) is 34.6 Å². The van der Waals surface area contributed by atoms with Gasteiger partial charge in [0.1, 0.15) is 0 Å². The first-order valence-corrected chi connectivity index (χ1v) is 5.80. The molecule has 2 aliphatic carbocycles. The summed E-state index contributed by atoms with van der Waals surface area (Å²) in [5.74, 6) is 1.21. The molecular weight excluding hydrogens is 180 g/mol. The molecule has 1 atom stereocenters. The van der Waals surface area contributed by atoms with Crippen molar-refractivity contribution >= 4 is 0 Å². The van der Waals surface area contributed by atoms with Gasteiger partial charge < -0.3 is 0 Å². The molecule has 80 valence electrons. The van der Waals surface area contributed by atoms with E-state index in [1.165, 1.54) is 22.3 Å². The Morgan fingerprint density at radius 1 is 1.13 bits per heavy atom. The number of hydrogen-bond acceptors (Lipinski definition) is 0. The Morgan fingerprint density at radius 3 is 2.40 bits per heavy atom. The van der Waals surface area contributed by atoms with Gasteiger partial charge in [-0.2, -0.15) is 0 Å². The fourth-order valence-corrected chi connectivity index (χ4v) is 2.76. The number of hydrogen-bond donors (Lipinski definition) is 0. The molecule has 0 bridgehead atoms. The van der Waals surface area contributed by atoms with Crippen LogP contribution in [0.15, 0.2) is 46.1 Å². The summed E-state index contributed by atoms with van der Waals surface area (Å²) in [5, 5.41) is 0. The fraction of sp³-hybridized carbons (Fsp3) is 0.467. The Morgan fingerprint density at radius 2 is 1.80 bits per heavy atom. The minimum atomic E-state index is 0.564. The Balaban J connectivity index is 2.57. The maximum atomic E-state index is 2.36. The van der Waals surface area contributed by atoms with Crippen LogP contribution in [-0.2, 0) is 0 Å². The maximum Gasteiger partial charge on any atom is 0.0242 e. The summed E-state index contributed by atoms with van der Waals surface area (Å²) in [5.41, 5.74) is 7.50. The van der Waals surface area contributed by atoms with Crippen LogP contribution in [0.25, 0.3) is 0 Å². The van der Waals surface area contributed by atoms with E-state index >= 15 is 0 Å². The van der Waals surface area contributed by atoms with E-state index in [1.807, 2.05) is 0 Å². The standard InChI is InChI=1S/C15H20/c1-9(2)15-12(5)11(4)8-14-10(3)6-7-13(14)15/h6-9,13H,1-5H3. The summed E-state index contributed by atoms with van der Waals surface area (Å²) in [6, 6.07) is 0. The average molecular weight is 200 g/mol. The molecule has 15 heavy (non-hydrogen) atoms. The fourth-order valence-electron chi connectivity index (χ4n) is 2.76. The van der Waals surface area contributed by atoms with E-state index in [-0.39, 0.29) is 0 Å². The van der Waals surface area contributed by atoms with E-state index in [2.05, 4.69) is 52.8 Å². The zero-order valence-corrected chi connectivity index (χ0v) is 10.4. The molecule has 0 aromatic heterocycles. The average Bonchev–Trinajstić information content (AvgIpc) is 2.49. The summed E-state index contributed by atoms with van der Waals surface area (Å²) in [6.07, 6.45) is 6.98. The highest BCUT2D eigenvalue weighted by atomic mass is 14.3. The summed E-state index contributed by atoms with van der Waals surface area (Å²) in [4.78, 5) is 0. The minimum Gasteiger partial charge on any atom is -0.0727 e. The van der Waals surface area contributed by atoms with Crippen LogP contribution >= 0.6 is 0 Å². The van der Waals surface area contributed by atoms with Crippen molar-refractivity contribution in [3.8, 4) is 0 Å². The molecule has 0 spiro atoms. The van der Waals surface area contributed by atoms with Crippen LogP contribution in [0.4, 0.5) is 0 Å². The SMILES string of the molecule is CC1=CC2=C(C)C=CC2C(C(C)C)=C1C. The van der Waals surface area contributed by atoms with E-state index in [4.69, 9.17) is 0 Å². The van der Waals surface area contributed by atoms with Crippen LogP contribution < -0.4 is 0 Å². The molecule has 0 saturated carbocycles. The molecule has 0 heteroatoms. The monoisotopic (exact) mass is 200 g/mol. The predicted molar refractivity (Wildman–Crippen MR) is 66.6 cm³/mol. The van der Waals surface area contributed by atoms with Crippen molar-refractivity contribution in [3.05, 3.63) is 46.1 Å². The highest BCUT2D eigenvalue weighted by Gasteiger charge is 2.27. The Hall–Kier alpha value is -1.04. The topological polar surface area (TPSA) is 0 Å². The third kappa shape index (κ3) is 1.52. The summed E-state index contributed by atoms with van der Waals surface area (Å²) < 4.78 is 0. The van der Waals surface area contributed by atoms with Gasteiger partial charge in [-0.3, -0.25) is 0 Å². The van der Waals surface area contributed by atoms with Crippen LogP contribution in [0.1, 0.15) is 34.6 Å². The third-order valence-electron chi connectivity index (χ3n) is 3.68. The van der Waals surface area contributed by atoms with Crippen molar-refractivity contribution < 1.29 is 0 Å². The van der Waals surface area contributed by atoms with Gasteiger partial charge in [0.2, 0.25) is 0 Å². The lowest BCUT2D eigenvalue weighted by Gasteiger charge is -2.28. The van der Waals surface area contributed by atoms with Crippen molar-refractivity contribution in [2.24, 2.45) is 11.8 Å². The second-order valence-electron chi connectivity index (χ2n) is 5.04. The normalized spacial score (nSPS) is 25.2. The lowest BCUT2D eigenvalue weighted by atomic mass is 9.77. The van der Waals surface area contributed by atoms with Crippen molar-refractivity contribution in [3.63, 3.8) is 0 Å². The molecule has 2 rings (SSSR count). The van der Waals surface area contributed by atoms with E-state index in [0.29, 0.717) is 11.8 Å². The van der Waals surface area contributed by atoms with Crippen molar-refractivity contribution in [1.29, 1.82) is 0 Å².